The first-order valence-corrected chi connectivity index (χ1v) is 5.53. The van der Waals surface area contributed by atoms with Crippen LogP contribution in [0.15, 0.2) is 0 Å². The molecule has 0 aliphatic heterocycles. The van der Waals surface area contributed by atoms with Crippen molar-refractivity contribution in [3.63, 3.8) is 0 Å². The van der Waals surface area contributed by atoms with Crippen molar-refractivity contribution in [3.8, 4) is 0 Å². The maximum absolute atomic E-state index is 11.6. The molecular formula is C10H16N4O4. The molecule has 18 heavy (non-hydrogen) atoms. The van der Waals surface area contributed by atoms with Gasteiger partial charge >= 0.3 is 5.97 Å². The van der Waals surface area contributed by atoms with E-state index in [1.165, 1.54) is 0 Å². The summed E-state index contributed by atoms with van der Waals surface area (Å²) < 4.78 is 5.20. The molecule has 0 bridgehead atoms. The van der Waals surface area contributed by atoms with Gasteiger partial charge in [-0.1, -0.05) is 0 Å². The highest BCUT2D eigenvalue weighted by molar-refractivity contribution is 5.90. The first kappa shape index (κ1) is 14.1. The van der Waals surface area contributed by atoms with Gasteiger partial charge in [-0.05, 0) is 13.8 Å². The normalized spacial score (nSPS) is 12.1. The molecule has 1 heterocycles. The molecule has 1 amide bonds. The van der Waals surface area contributed by atoms with Crippen LogP contribution in [0.3, 0.4) is 0 Å². The van der Waals surface area contributed by atoms with E-state index in [0.717, 1.165) is 0 Å². The molecule has 1 atom stereocenters. The fourth-order valence-electron chi connectivity index (χ4n) is 1.35. The van der Waals surface area contributed by atoms with Crippen LogP contribution in [0.1, 0.15) is 29.8 Å². The predicted octanol–water partition coefficient (Wildman–Crippen LogP) is -0.277. The lowest BCUT2D eigenvalue weighted by Crippen LogP contribution is -2.35. The zero-order chi connectivity index (χ0) is 13.5. The number of carboxylic acid groups (broad SMARTS) is 1. The van der Waals surface area contributed by atoms with E-state index in [-0.39, 0.29) is 18.8 Å². The van der Waals surface area contributed by atoms with E-state index >= 15 is 0 Å². The predicted molar refractivity (Wildman–Crippen MR) is 61.1 cm³/mol. The summed E-state index contributed by atoms with van der Waals surface area (Å²) in [6, 6.07) is 0. The van der Waals surface area contributed by atoms with Crippen LogP contribution in [-0.2, 0) is 9.53 Å². The molecule has 1 unspecified atom stereocenters. The van der Waals surface area contributed by atoms with Gasteiger partial charge in [0, 0.05) is 13.2 Å². The monoisotopic (exact) mass is 256 g/mol. The number of hydrogen-bond donors (Lipinski definition) is 3. The van der Waals surface area contributed by atoms with Gasteiger partial charge in [0.1, 0.15) is 5.82 Å². The summed E-state index contributed by atoms with van der Waals surface area (Å²) >= 11 is 0. The molecule has 0 radical (unpaired) electrons. The first-order valence-electron chi connectivity index (χ1n) is 5.53. The molecule has 0 saturated heterocycles. The van der Waals surface area contributed by atoms with Gasteiger partial charge in [0.2, 0.25) is 5.82 Å². The zero-order valence-electron chi connectivity index (χ0n) is 10.3. The van der Waals surface area contributed by atoms with Crippen molar-refractivity contribution in [2.45, 2.75) is 26.4 Å². The average molecular weight is 256 g/mol. The van der Waals surface area contributed by atoms with Crippen LogP contribution >= 0.6 is 0 Å². The second kappa shape index (κ2) is 6.70. The number of hydrogen-bond acceptors (Lipinski definition) is 5. The number of aryl methyl sites for hydroxylation is 1. The van der Waals surface area contributed by atoms with Crippen LogP contribution in [-0.4, -0.2) is 51.4 Å². The van der Waals surface area contributed by atoms with Crippen molar-refractivity contribution in [3.05, 3.63) is 11.6 Å². The number of rotatable bonds is 7. The first-order chi connectivity index (χ1) is 8.52. The third-order valence-corrected chi connectivity index (χ3v) is 2.10. The minimum atomic E-state index is -0.976. The second-order valence-electron chi connectivity index (χ2n) is 3.63. The Bertz CT molecular complexity index is 418. The number of aromatic nitrogens is 3. The van der Waals surface area contributed by atoms with Crippen LogP contribution in [0.4, 0.5) is 0 Å². The van der Waals surface area contributed by atoms with Crippen molar-refractivity contribution < 1.29 is 19.4 Å². The van der Waals surface area contributed by atoms with Crippen LogP contribution in [0.5, 0.6) is 0 Å². The number of aromatic amines is 1. The molecule has 0 saturated carbocycles. The molecule has 0 spiro atoms. The Morgan fingerprint density at radius 2 is 2.28 bits per heavy atom. The Morgan fingerprint density at radius 3 is 2.78 bits per heavy atom. The van der Waals surface area contributed by atoms with Gasteiger partial charge in [0.05, 0.1) is 12.5 Å². The Labute approximate surface area is 104 Å². The number of aliphatic carboxylic acids is 1. The van der Waals surface area contributed by atoms with Crippen molar-refractivity contribution in [1.82, 2.24) is 20.5 Å². The molecule has 0 fully saturated rings. The highest BCUT2D eigenvalue weighted by Crippen LogP contribution is 1.98. The van der Waals surface area contributed by atoms with Crippen molar-refractivity contribution >= 4 is 11.9 Å². The molecule has 1 aromatic rings. The smallest absolute Gasteiger partial charge is 0.306 e. The highest BCUT2D eigenvalue weighted by atomic mass is 16.5. The summed E-state index contributed by atoms with van der Waals surface area (Å²) in [4.78, 5) is 26.0. The van der Waals surface area contributed by atoms with Crippen LogP contribution in [0.25, 0.3) is 0 Å². The highest BCUT2D eigenvalue weighted by Gasteiger charge is 2.16. The van der Waals surface area contributed by atoms with Crippen molar-refractivity contribution in [1.29, 1.82) is 0 Å². The molecule has 0 aliphatic rings. The molecule has 1 aromatic heterocycles. The fourth-order valence-corrected chi connectivity index (χ4v) is 1.35. The Balaban J connectivity index is 2.46. The second-order valence-corrected chi connectivity index (χ2v) is 3.63. The van der Waals surface area contributed by atoms with E-state index in [0.29, 0.717) is 12.4 Å². The van der Waals surface area contributed by atoms with Crippen LogP contribution in [0.2, 0.25) is 0 Å². The molecule has 3 N–H and O–H groups in total. The Hall–Kier alpha value is -1.96. The maximum atomic E-state index is 11.6. The summed E-state index contributed by atoms with van der Waals surface area (Å²) in [7, 11) is 0. The summed E-state index contributed by atoms with van der Waals surface area (Å²) in [6.07, 6.45) is -0.724. The van der Waals surface area contributed by atoms with Gasteiger partial charge in [-0.3, -0.25) is 14.7 Å². The number of nitrogens with zero attached hydrogens (tertiary/aromatic N) is 2. The number of ether oxygens (including phenoxy) is 1. The van der Waals surface area contributed by atoms with Crippen LogP contribution < -0.4 is 5.32 Å². The summed E-state index contributed by atoms with van der Waals surface area (Å²) in [5.74, 6) is -0.879. The fraction of sp³-hybridized carbons (Fsp3) is 0.600. The largest absolute Gasteiger partial charge is 0.481 e. The number of nitrogens with one attached hydrogen (secondary N) is 2. The molecule has 8 heteroatoms. The minimum Gasteiger partial charge on any atom is -0.481 e. The summed E-state index contributed by atoms with van der Waals surface area (Å²) in [5.41, 5.74) is 0. The Kier molecular flexibility index (Phi) is 5.25. The number of carboxylic acids is 1. The summed E-state index contributed by atoms with van der Waals surface area (Å²) in [5, 5.41) is 17.4. The van der Waals surface area contributed by atoms with E-state index in [1.807, 2.05) is 0 Å². The van der Waals surface area contributed by atoms with Gasteiger partial charge in [-0.25, -0.2) is 4.98 Å². The summed E-state index contributed by atoms with van der Waals surface area (Å²) in [6.45, 7) is 3.92. The lowest BCUT2D eigenvalue weighted by molar-refractivity contribution is -0.140. The van der Waals surface area contributed by atoms with Gasteiger partial charge < -0.3 is 15.2 Å². The number of amides is 1. The van der Waals surface area contributed by atoms with E-state index in [1.54, 1.807) is 13.8 Å². The van der Waals surface area contributed by atoms with E-state index in [4.69, 9.17) is 9.84 Å². The van der Waals surface area contributed by atoms with Gasteiger partial charge in [0.25, 0.3) is 5.91 Å². The third-order valence-electron chi connectivity index (χ3n) is 2.10. The molecule has 0 aliphatic carbocycles. The van der Waals surface area contributed by atoms with E-state index in [2.05, 4.69) is 20.5 Å². The third kappa shape index (κ3) is 4.50. The zero-order valence-corrected chi connectivity index (χ0v) is 10.3. The average Bonchev–Trinajstić information content (AvgIpc) is 2.72. The molecule has 8 nitrogen and oxygen atoms in total. The minimum absolute atomic E-state index is 0.0260. The van der Waals surface area contributed by atoms with Gasteiger partial charge in [-0.2, -0.15) is 0 Å². The molecule has 1 rings (SSSR count). The number of carbonyl (C=O) groups is 2. The molecule has 100 valence electrons. The quantitative estimate of drug-likeness (QED) is 0.617. The van der Waals surface area contributed by atoms with Gasteiger partial charge in [-0.15, -0.1) is 5.10 Å². The van der Waals surface area contributed by atoms with Crippen LogP contribution in [0, 0.1) is 6.92 Å². The lowest BCUT2D eigenvalue weighted by atomic mass is 10.2. The number of carbonyl (C=O) groups excluding carboxylic acids is 1. The topological polar surface area (TPSA) is 117 Å². The van der Waals surface area contributed by atoms with E-state index < -0.39 is 18.0 Å². The maximum Gasteiger partial charge on any atom is 0.306 e. The molecular weight excluding hydrogens is 240 g/mol. The SMILES string of the molecule is CCOC(CNC(=O)c1n[nH]c(C)n1)CC(=O)O. The lowest BCUT2D eigenvalue weighted by Gasteiger charge is -2.14. The standard InChI is InChI=1S/C10H16N4O4/c1-3-18-7(4-8(15)16)5-11-10(17)9-12-6(2)13-14-9/h7H,3-5H2,1-2H3,(H,11,17)(H,15,16)(H,12,13,14). The number of H-pyrrole nitrogens is 1. The molecule has 0 aromatic carbocycles. The van der Waals surface area contributed by atoms with Crippen molar-refractivity contribution in [2.75, 3.05) is 13.2 Å². The van der Waals surface area contributed by atoms with E-state index in [9.17, 15) is 9.59 Å². The Morgan fingerprint density at radius 1 is 1.56 bits per heavy atom. The van der Waals surface area contributed by atoms with Crippen molar-refractivity contribution in [2.24, 2.45) is 0 Å². The van der Waals surface area contributed by atoms with Gasteiger partial charge in [0.15, 0.2) is 0 Å².